The molecule has 3 atom stereocenters. The van der Waals surface area contributed by atoms with E-state index in [1.54, 1.807) is 6.33 Å². The second kappa shape index (κ2) is 4.32. The van der Waals surface area contributed by atoms with E-state index in [0.29, 0.717) is 23.4 Å². The van der Waals surface area contributed by atoms with Crippen LogP contribution in [-0.4, -0.2) is 36.8 Å². The number of anilines is 1. The smallest absolute Gasteiger partial charge is 0.165 e. The molecule has 2 aromatic rings. The van der Waals surface area contributed by atoms with Crippen molar-refractivity contribution in [2.24, 2.45) is 11.0 Å². The fourth-order valence-corrected chi connectivity index (χ4v) is 2.86. The number of hydrogen-bond acceptors (Lipinski definition) is 6. The first-order valence-electron chi connectivity index (χ1n) is 6.22. The van der Waals surface area contributed by atoms with Crippen molar-refractivity contribution >= 4 is 17.0 Å². The van der Waals surface area contributed by atoms with E-state index in [2.05, 4.69) is 25.0 Å². The maximum Gasteiger partial charge on any atom is 0.165 e. The van der Waals surface area contributed by atoms with Crippen LogP contribution in [0.25, 0.3) is 21.6 Å². The lowest BCUT2D eigenvalue weighted by Crippen LogP contribution is -2.53. The highest BCUT2D eigenvalue weighted by Gasteiger charge is 2.52. The maximum absolute atomic E-state index is 9.37. The van der Waals surface area contributed by atoms with Gasteiger partial charge in [-0.3, -0.25) is 0 Å². The van der Waals surface area contributed by atoms with Gasteiger partial charge in [-0.1, -0.05) is 12.0 Å². The molecule has 1 saturated carbocycles. The van der Waals surface area contributed by atoms with Crippen LogP contribution in [0, 0.1) is 5.92 Å². The van der Waals surface area contributed by atoms with Crippen molar-refractivity contribution in [2.45, 2.75) is 24.9 Å². The summed E-state index contributed by atoms with van der Waals surface area (Å²) >= 11 is 0. The second-order valence-electron chi connectivity index (χ2n) is 5.13. The average molecular weight is 274 g/mol. The van der Waals surface area contributed by atoms with Gasteiger partial charge in [-0.15, -0.1) is 0 Å². The third kappa shape index (κ3) is 1.54. The average Bonchev–Trinajstić information content (AvgIpc) is 2.84. The zero-order valence-corrected chi connectivity index (χ0v) is 10.9. The molecule has 0 radical (unpaired) electrons. The van der Waals surface area contributed by atoms with Gasteiger partial charge in [-0.25, -0.2) is 15.0 Å². The largest absolute Gasteiger partial charge is 0.396 e. The van der Waals surface area contributed by atoms with Gasteiger partial charge in [0.25, 0.3) is 0 Å². The first-order chi connectivity index (χ1) is 9.61. The Morgan fingerprint density at radius 3 is 3.10 bits per heavy atom. The van der Waals surface area contributed by atoms with E-state index in [0.717, 1.165) is 0 Å². The second-order valence-corrected chi connectivity index (χ2v) is 5.13. The standard InChI is InChI=1S/C11H14N8O/c1-11(17-18-13)6(3-20)2-7(11)19-5-16-8-9(12)14-4-15-10(8)19/h4-7,20H,2-3H2,1H3,(H2,12,14,15)/t6-,7-,11-/m1/s1. The van der Waals surface area contributed by atoms with Crippen molar-refractivity contribution in [2.75, 3.05) is 12.3 Å². The van der Waals surface area contributed by atoms with E-state index in [4.69, 9.17) is 11.3 Å². The number of nitrogens with two attached hydrogens (primary N) is 1. The van der Waals surface area contributed by atoms with E-state index >= 15 is 0 Å². The summed E-state index contributed by atoms with van der Waals surface area (Å²) in [5, 5.41) is 13.2. The molecule has 1 aliphatic carbocycles. The van der Waals surface area contributed by atoms with Gasteiger partial charge in [-0.05, 0) is 17.9 Å². The molecular weight excluding hydrogens is 260 g/mol. The first kappa shape index (κ1) is 12.6. The Morgan fingerprint density at radius 1 is 1.60 bits per heavy atom. The lowest BCUT2D eigenvalue weighted by atomic mass is 9.64. The van der Waals surface area contributed by atoms with Gasteiger partial charge in [0.2, 0.25) is 0 Å². The molecule has 1 fully saturated rings. The number of nitrogens with zero attached hydrogens (tertiary/aromatic N) is 7. The van der Waals surface area contributed by atoms with Crippen LogP contribution in [0.2, 0.25) is 0 Å². The molecule has 0 aliphatic heterocycles. The van der Waals surface area contributed by atoms with E-state index in [1.807, 2.05) is 11.5 Å². The quantitative estimate of drug-likeness (QED) is 0.489. The van der Waals surface area contributed by atoms with E-state index in [-0.39, 0.29) is 18.6 Å². The first-order valence-corrected chi connectivity index (χ1v) is 6.22. The highest BCUT2D eigenvalue weighted by molar-refractivity contribution is 5.81. The topological polar surface area (TPSA) is 139 Å². The molecule has 0 bridgehead atoms. The number of hydrogen-bond donors (Lipinski definition) is 2. The third-order valence-corrected chi connectivity index (χ3v) is 4.21. The van der Waals surface area contributed by atoms with Gasteiger partial charge in [0.15, 0.2) is 11.5 Å². The highest BCUT2D eigenvalue weighted by atomic mass is 16.3. The normalized spacial score (nSPS) is 28.9. The number of aromatic nitrogens is 4. The molecule has 0 saturated heterocycles. The van der Waals surface area contributed by atoms with Crippen molar-refractivity contribution in [3.05, 3.63) is 23.1 Å². The molecule has 0 aromatic carbocycles. The summed E-state index contributed by atoms with van der Waals surface area (Å²) in [4.78, 5) is 15.2. The van der Waals surface area contributed by atoms with Crippen LogP contribution in [0.4, 0.5) is 5.82 Å². The minimum absolute atomic E-state index is 0.0181. The van der Waals surface area contributed by atoms with Crippen molar-refractivity contribution in [1.82, 2.24) is 19.5 Å². The number of nitrogen functional groups attached to an aromatic ring is 1. The molecule has 104 valence electrons. The number of azide groups is 1. The maximum atomic E-state index is 9.37. The van der Waals surface area contributed by atoms with Crippen LogP contribution in [-0.2, 0) is 0 Å². The number of aliphatic hydroxyl groups is 1. The summed E-state index contributed by atoms with van der Waals surface area (Å²) in [5.41, 5.74) is 15.0. The van der Waals surface area contributed by atoms with Crippen molar-refractivity contribution in [3.8, 4) is 0 Å². The van der Waals surface area contributed by atoms with Crippen LogP contribution >= 0.6 is 0 Å². The number of aliphatic hydroxyl groups excluding tert-OH is 1. The zero-order valence-electron chi connectivity index (χ0n) is 10.9. The van der Waals surface area contributed by atoms with Crippen LogP contribution in [0.15, 0.2) is 17.8 Å². The van der Waals surface area contributed by atoms with E-state index in [1.165, 1.54) is 6.33 Å². The summed E-state index contributed by atoms with van der Waals surface area (Å²) in [6, 6.07) is -0.102. The molecular formula is C11H14N8O. The van der Waals surface area contributed by atoms with Gasteiger partial charge in [-0.2, -0.15) is 0 Å². The Hall–Kier alpha value is -2.38. The SMILES string of the molecule is C[C@@]1(N=[N+]=[N-])[C@@H](CO)C[C@H]1n1cnc2c(N)ncnc21. The molecule has 1 aliphatic rings. The predicted molar refractivity (Wildman–Crippen MR) is 71.5 cm³/mol. The summed E-state index contributed by atoms with van der Waals surface area (Å²) < 4.78 is 1.84. The van der Waals surface area contributed by atoms with Crippen LogP contribution in [0.5, 0.6) is 0 Å². The molecule has 3 rings (SSSR count). The van der Waals surface area contributed by atoms with Crippen LogP contribution in [0.1, 0.15) is 19.4 Å². The van der Waals surface area contributed by atoms with Crippen LogP contribution in [0.3, 0.4) is 0 Å². The highest BCUT2D eigenvalue weighted by Crippen LogP contribution is 2.50. The van der Waals surface area contributed by atoms with Gasteiger partial charge in [0, 0.05) is 17.6 Å². The molecule has 2 aromatic heterocycles. The summed E-state index contributed by atoms with van der Waals surface area (Å²) in [6.07, 6.45) is 3.70. The molecule has 2 heterocycles. The van der Waals surface area contributed by atoms with Crippen LogP contribution < -0.4 is 5.73 Å². The fourth-order valence-electron chi connectivity index (χ4n) is 2.86. The molecule has 9 heteroatoms. The van der Waals surface area contributed by atoms with Crippen molar-refractivity contribution in [3.63, 3.8) is 0 Å². The van der Waals surface area contributed by atoms with Crippen molar-refractivity contribution < 1.29 is 5.11 Å². The van der Waals surface area contributed by atoms with E-state index < -0.39 is 5.54 Å². The Kier molecular flexibility index (Phi) is 2.73. The van der Waals surface area contributed by atoms with Gasteiger partial charge < -0.3 is 15.4 Å². The lowest BCUT2D eigenvalue weighted by molar-refractivity contribution is 0.0163. The summed E-state index contributed by atoms with van der Waals surface area (Å²) in [7, 11) is 0. The Morgan fingerprint density at radius 2 is 2.40 bits per heavy atom. The van der Waals surface area contributed by atoms with E-state index in [9.17, 15) is 5.11 Å². The fraction of sp³-hybridized carbons (Fsp3) is 0.545. The molecule has 0 amide bonds. The molecule has 0 spiro atoms. The lowest BCUT2D eigenvalue weighted by Gasteiger charge is -2.50. The molecule has 3 N–H and O–H groups in total. The predicted octanol–water partition coefficient (Wildman–Crippen LogP) is 1.03. The number of fused-ring (bicyclic) bond motifs is 1. The zero-order chi connectivity index (χ0) is 14.3. The Bertz CT molecular complexity index is 706. The molecule has 0 unspecified atom stereocenters. The minimum Gasteiger partial charge on any atom is -0.396 e. The summed E-state index contributed by atoms with van der Waals surface area (Å²) in [6.45, 7) is 1.81. The molecule has 20 heavy (non-hydrogen) atoms. The third-order valence-electron chi connectivity index (χ3n) is 4.21. The Balaban J connectivity index is 2.08. The minimum atomic E-state index is -0.698. The number of imidazole rings is 1. The summed E-state index contributed by atoms with van der Waals surface area (Å²) in [5.74, 6) is 0.248. The van der Waals surface area contributed by atoms with Gasteiger partial charge >= 0.3 is 0 Å². The van der Waals surface area contributed by atoms with Crippen molar-refractivity contribution in [1.29, 1.82) is 0 Å². The van der Waals surface area contributed by atoms with Gasteiger partial charge in [0.1, 0.15) is 11.8 Å². The number of rotatable bonds is 3. The van der Waals surface area contributed by atoms with Gasteiger partial charge in [0.05, 0.1) is 11.9 Å². The monoisotopic (exact) mass is 274 g/mol. The Labute approximate surface area is 114 Å². The molecule has 9 nitrogen and oxygen atoms in total.